The molecule has 14 aromatic rings. The SMILES string of the molecule is CC.CC.CC.CC.CC.CC.CC.CC.CC.CC.CC.CC.CC(=N)c1cc2ccccc2s1.CNC1c2ccccc2-c2ccccc21.CNc1nc2c(ccc3ccccc32)s1.CNc1nc2ccc3ccccc3c2s1.Cc1ccc(C)c([C-]=N)c1.Cc1ccc(C)c([C-]=N)c1.Cc1ccc(C)c([C-]=N)c1.Cc1ccc(C)c([C-]=N)c1.[Y].[Y].[Y].[Y]. The monoisotopic (exact) mass is 2040 g/mol. The van der Waals surface area contributed by atoms with Crippen LogP contribution in [0.1, 0.15) is 262 Å². The van der Waals surface area contributed by atoms with Crippen LogP contribution in [0, 0.1) is 82.4 Å². The molecule has 4 radical (unpaired) electrons. The van der Waals surface area contributed by atoms with E-state index >= 15 is 0 Å². The molecule has 11 aromatic carbocycles. The fraction of sp³-hybridized carbons (Fsp3) is 0.343. The van der Waals surface area contributed by atoms with E-state index in [-0.39, 0.29) is 131 Å². The van der Waals surface area contributed by atoms with Crippen LogP contribution in [-0.4, -0.2) is 61.7 Å². The van der Waals surface area contributed by atoms with Gasteiger partial charge in [0.25, 0.3) is 0 Å². The van der Waals surface area contributed by atoms with Crippen LogP contribution in [0.5, 0.6) is 0 Å². The number of hydrogen-bond acceptors (Lipinski definition) is 13. The van der Waals surface area contributed by atoms with Crippen LogP contribution in [0.4, 0.5) is 10.3 Å². The topological polar surface area (TPSA) is 181 Å². The Hall–Kier alpha value is -5.99. The third-order valence-electron chi connectivity index (χ3n) is 16.0. The average molecular weight is 2040 g/mol. The minimum atomic E-state index is 0. The number of thiophene rings is 1. The summed E-state index contributed by atoms with van der Waals surface area (Å²) in [6, 6.07) is 77.2. The summed E-state index contributed by atoms with van der Waals surface area (Å²) in [5, 5.41) is 53.0. The summed E-state index contributed by atoms with van der Waals surface area (Å²) in [4.78, 5) is 10.1. The minimum absolute atomic E-state index is 0. The fourth-order valence-corrected chi connectivity index (χ4v) is 13.4. The molecule has 10 nitrogen and oxygen atoms in total. The number of aryl methyl sites for hydroxylation is 8. The van der Waals surface area contributed by atoms with Gasteiger partial charge in [-0.2, -0.15) is 68.8 Å². The zero-order valence-corrected chi connectivity index (χ0v) is 97.2. The summed E-state index contributed by atoms with van der Waals surface area (Å²) in [7, 11) is 5.82. The van der Waals surface area contributed by atoms with Crippen molar-refractivity contribution in [2.75, 3.05) is 31.8 Å². The Morgan fingerprint density at radius 1 is 0.320 bits per heavy atom. The molecule has 0 saturated carbocycles. The van der Waals surface area contributed by atoms with Crippen molar-refractivity contribution in [2.24, 2.45) is 0 Å². The first-order chi connectivity index (χ1) is 58.9. The maximum absolute atomic E-state index is 7.48. The average Bonchev–Trinajstić information content (AvgIpc) is 1.64. The van der Waals surface area contributed by atoms with Crippen molar-refractivity contribution in [3.8, 4) is 11.1 Å². The first kappa shape index (κ1) is 137. The Labute approximate surface area is 874 Å². The molecule has 0 unspecified atom stereocenters. The van der Waals surface area contributed by atoms with Crippen LogP contribution in [-0.2, 0) is 131 Å². The van der Waals surface area contributed by atoms with Gasteiger partial charge >= 0.3 is 0 Å². The van der Waals surface area contributed by atoms with Gasteiger partial charge in [-0.1, -0.05) is 421 Å². The maximum Gasteiger partial charge on any atom is 0.183 e. The largest absolute Gasteiger partial charge is 0.376 e. The molecule has 1 aliphatic carbocycles. The van der Waals surface area contributed by atoms with Gasteiger partial charge in [-0.15, -0.1) is 57.9 Å². The Bertz CT molecular complexity index is 4650. The molecule has 0 aliphatic heterocycles. The summed E-state index contributed by atoms with van der Waals surface area (Å²) in [5.41, 5.74) is 21.1. The Morgan fingerprint density at radius 3 is 0.968 bits per heavy atom. The number of thiazole rings is 2. The van der Waals surface area contributed by atoms with E-state index in [4.69, 9.17) is 27.0 Å². The van der Waals surface area contributed by atoms with Crippen molar-refractivity contribution in [1.29, 1.82) is 27.0 Å². The standard InChI is InChI=1S/C14H13N.2C12H10N2S.C10H9NS.4C9H10N.12C2H6.4Y/c1-15-14-12-8-4-2-6-10(12)11-7-3-5-9-13(11)14;1-13-12-14-11-9-5-3-2-4-8(9)6-7-10(11)15-12;1-13-12-14-10-7-6-8-4-2-3-5-9(8)11(10)15-12;1-7(11)10-6-8-4-2-3-5-9(8)12-10;4*1-7-3-4-8(2)9(5-7)6-10;12*1-2;;;;/h2-9,14-15H,1H3;2*2-7H,1H3,(H,13,14);2-6,11H,1H3;4*3-5,10H,1-2H3;12*1-2H3;;;;/q;;;;4*-1;;;;;;;;;;;;;;;;. The number of nitrogens with one attached hydrogen (secondary N) is 8. The molecule has 0 spiro atoms. The van der Waals surface area contributed by atoms with Crippen LogP contribution >= 0.6 is 34.0 Å². The molecule has 0 saturated heterocycles. The van der Waals surface area contributed by atoms with E-state index in [9.17, 15) is 0 Å². The van der Waals surface area contributed by atoms with Gasteiger partial charge in [0.2, 0.25) is 0 Å². The van der Waals surface area contributed by atoms with Crippen LogP contribution in [0.25, 0.3) is 63.2 Å². The maximum atomic E-state index is 7.48. The molecule has 3 aromatic heterocycles. The van der Waals surface area contributed by atoms with Gasteiger partial charge in [-0.3, -0.25) is 0 Å². The van der Waals surface area contributed by atoms with Gasteiger partial charge in [0, 0.05) is 171 Å². The predicted octanol–water partition coefficient (Wildman–Crippen LogP) is 34.3. The molecule has 17 heteroatoms. The molecule has 0 fully saturated rings. The molecule has 1 aliphatic rings. The van der Waals surface area contributed by atoms with E-state index in [2.05, 4.69) is 190 Å². The van der Waals surface area contributed by atoms with E-state index in [1.165, 1.54) is 85.5 Å². The Balaban J connectivity index is -0.000000170. The molecule has 0 bridgehead atoms. The van der Waals surface area contributed by atoms with Crippen molar-refractivity contribution in [3.63, 3.8) is 0 Å². The van der Waals surface area contributed by atoms with Gasteiger partial charge in [0.15, 0.2) is 10.3 Å². The van der Waals surface area contributed by atoms with Gasteiger partial charge in [-0.25, -0.2) is 9.97 Å². The van der Waals surface area contributed by atoms with Crippen molar-refractivity contribution < 1.29 is 131 Å². The number of nitrogens with zero attached hydrogens (tertiary/aromatic N) is 2. The number of fused-ring (bicyclic) bond motifs is 10. The number of aromatic nitrogens is 2. The third-order valence-corrected chi connectivity index (χ3v) is 19.4. The molecular weight excluding hydrogens is 1890 g/mol. The van der Waals surface area contributed by atoms with Gasteiger partial charge < -0.3 is 43.0 Å². The summed E-state index contributed by atoms with van der Waals surface area (Å²) < 4.78 is 3.76. The van der Waals surface area contributed by atoms with Crippen molar-refractivity contribution in [1.82, 2.24) is 15.3 Å². The van der Waals surface area contributed by atoms with Crippen molar-refractivity contribution >= 4 is 127 Å². The van der Waals surface area contributed by atoms with Gasteiger partial charge in [-0.05, 0) is 76.6 Å². The second kappa shape index (κ2) is 87.3. The second-order valence-electron chi connectivity index (χ2n) is 23.2. The number of hydrogen-bond donors (Lipinski definition) is 8. The van der Waals surface area contributed by atoms with Crippen molar-refractivity contribution in [2.45, 2.75) is 235 Å². The number of benzene rings is 11. The zero-order chi connectivity index (χ0) is 93.5. The molecule has 0 atom stereocenters. The van der Waals surface area contributed by atoms with Crippen molar-refractivity contribution in [3.05, 3.63) is 307 Å². The van der Waals surface area contributed by atoms with Crippen LogP contribution < -0.4 is 16.0 Å². The van der Waals surface area contributed by atoms with E-state index in [0.29, 0.717) is 11.8 Å². The molecule has 15 rings (SSSR count). The van der Waals surface area contributed by atoms with Crippen LogP contribution in [0.3, 0.4) is 0 Å². The molecule has 0 amide bonds. The zero-order valence-electron chi connectivity index (χ0n) is 83.4. The second-order valence-corrected chi connectivity index (χ2v) is 26.4. The Morgan fingerprint density at radius 2 is 0.632 bits per heavy atom. The van der Waals surface area contributed by atoms with E-state index in [0.717, 1.165) is 70.7 Å². The van der Waals surface area contributed by atoms with E-state index < -0.39 is 0 Å². The van der Waals surface area contributed by atoms with Crippen LogP contribution in [0.2, 0.25) is 0 Å². The van der Waals surface area contributed by atoms with E-state index in [1.54, 1.807) is 34.0 Å². The smallest absolute Gasteiger partial charge is 0.183 e. The van der Waals surface area contributed by atoms with E-state index in [1.807, 2.05) is 335 Å². The third kappa shape index (κ3) is 48.5. The number of rotatable bonds is 8. The summed E-state index contributed by atoms with van der Waals surface area (Å²) in [6.07, 6.45) is 9.54. The first-order valence-corrected chi connectivity index (χ1v) is 46.2. The normalized spacial score (nSPS) is 8.86. The molecular formula is C108H154N10S3Y4-4. The minimum Gasteiger partial charge on any atom is -0.376 e. The van der Waals surface area contributed by atoms with Crippen LogP contribution in [0.15, 0.2) is 224 Å². The van der Waals surface area contributed by atoms with Gasteiger partial charge in [0.05, 0.1) is 26.5 Å². The number of anilines is 2. The molecule has 670 valence electrons. The molecule has 8 N–H and O–H groups in total. The molecule has 3 heterocycles. The summed E-state index contributed by atoms with van der Waals surface area (Å²) in [6.45, 7) is 65.8. The summed E-state index contributed by atoms with van der Waals surface area (Å²) >= 11 is 5.08. The van der Waals surface area contributed by atoms with Gasteiger partial charge in [0.1, 0.15) is 0 Å². The first-order valence-electron chi connectivity index (χ1n) is 43.7. The Kier molecular flexibility index (Phi) is 95.7. The molecule has 125 heavy (non-hydrogen) atoms. The quantitative estimate of drug-likeness (QED) is 0.0556. The fourth-order valence-electron chi connectivity index (χ4n) is 10.6. The summed E-state index contributed by atoms with van der Waals surface area (Å²) in [5.74, 6) is 0. The predicted molar refractivity (Wildman–Crippen MR) is 558 cm³/mol.